The summed E-state index contributed by atoms with van der Waals surface area (Å²) in [7, 11) is 1.77. The van der Waals surface area contributed by atoms with E-state index in [9.17, 15) is 0 Å². The van der Waals surface area contributed by atoms with Crippen molar-refractivity contribution in [2.24, 2.45) is 11.0 Å². The van der Waals surface area contributed by atoms with Crippen LogP contribution in [0.3, 0.4) is 0 Å². The van der Waals surface area contributed by atoms with E-state index >= 15 is 0 Å². The molecule has 1 aliphatic rings. The highest BCUT2D eigenvalue weighted by Gasteiger charge is 2.18. The van der Waals surface area contributed by atoms with E-state index in [1.54, 1.807) is 7.05 Å². The Bertz CT molecular complexity index is 355. The van der Waals surface area contributed by atoms with Crippen LogP contribution in [0.15, 0.2) is 28.9 Å². The molecular weight excluding hydrogens is 218 g/mol. The number of hydrogen-bond donors (Lipinski definition) is 2. The van der Waals surface area contributed by atoms with Crippen molar-refractivity contribution in [3.8, 4) is 0 Å². The number of hydrazone groups is 1. The molecule has 0 amide bonds. The quantitative estimate of drug-likeness (QED) is 0.440. The van der Waals surface area contributed by atoms with E-state index in [1.807, 2.05) is 0 Å². The number of nitrogens with one attached hydrogen (secondary N) is 2. The van der Waals surface area contributed by atoms with E-state index < -0.39 is 0 Å². The van der Waals surface area contributed by atoms with Crippen molar-refractivity contribution in [2.75, 3.05) is 7.05 Å². The molecule has 1 aliphatic carbocycles. The van der Waals surface area contributed by atoms with Gasteiger partial charge in [-0.1, -0.05) is 18.2 Å². The van der Waals surface area contributed by atoms with Crippen molar-refractivity contribution in [3.05, 3.63) is 23.8 Å². The Kier molecular flexibility index (Phi) is 4.68. The fourth-order valence-corrected chi connectivity index (χ4v) is 1.64. The summed E-state index contributed by atoms with van der Waals surface area (Å²) in [6.45, 7) is 8.16. The number of thiocarbonyl (C=S) groups is 1. The predicted octanol–water partition coefficient (Wildman–Crippen LogP) is 2.37. The van der Waals surface area contributed by atoms with Gasteiger partial charge in [0.05, 0.1) is 5.71 Å². The summed E-state index contributed by atoms with van der Waals surface area (Å²) < 4.78 is 0. The number of nitrogens with zero attached hydrogens (tertiary/aromatic N) is 1. The van der Waals surface area contributed by atoms with Crippen LogP contribution in [0.5, 0.6) is 0 Å². The molecule has 1 atom stereocenters. The van der Waals surface area contributed by atoms with Gasteiger partial charge in [0.15, 0.2) is 5.11 Å². The molecule has 0 aliphatic heterocycles. The molecule has 0 fully saturated rings. The van der Waals surface area contributed by atoms with E-state index in [1.165, 1.54) is 11.1 Å². The van der Waals surface area contributed by atoms with Gasteiger partial charge in [-0.15, -0.1) is 0 Å². The Morgan fingerprint density at radius 2 is 2.31 bits per heavy atom. The Labute approximate surface area is 103 Å². The Hall–Kier alpha value is -1.16. The average molecular weight is 237 g/mol. The second kappa shape index (κ2) is 5.80. The molecule has 0 heterocycles. The first-order chi connectivity index (χ1) is 7.54. The molecule has 2 N–H and O–H groups in total. The highest BCUT2D eigenvalue weighted by molar-refractivity contribution is 7.80. The maximum atomic E-state index is 4.98. The molecule has 0 radical (unpaired) electrons. The molecule has 88 valence electrons. The fourth-order valence-electron chi connectivity index (χ4n) is 1.60. The van der Waals surface area contributed by atoms with Crippen LogP contribution in [0.4, 0.5) is 0 Å². The van der Waals surface area contributed by atoms with E-state index in [0.717, 1.165) is 18.6 Å². The highest BCUT2D eigenvalue weighted by atomic mass is 32.1. The molecule has 0 aromatic heterocycles. The van der Waals surface area contributed by atoms with Gasteiger partial charge in [-0.05, 0) is 50.4 Å². The summed E-state index contributed by atoms with van der Waals surface area (Å²) in [6, 6.07) is 0. The van der Waals surface area contributed by atoms with Crippen LogP contribution in [0.25, 0.3) is 0 Å². The van der Waals surface area contributed by atoms with E-state index in [2.05, 4.69) is 42.3 Å². The first-order valence-corrected chi connectivity index (χ1v) is 5.82. The third kappa shape index (κ3) is 3.45. The minimum absolute atomic E-state index is 0.507. The lowest BCUT2D eigenvalue weighted by Gasteiger charge is -2.22. The van der Waals surface area contributed by atoms with Gasteiger partial charge in [0, 0.05) is 7.05 Å². The van der Waals surface area contributed by atoms with Crippen molar-refractivity contribution in [1.29, 1.82) is 0 Å². The summed E-state index contributed by atoms with van der Waals surface area (Å²) in [4.78, 5) is 0. The molecule has 0 bridgehead atoms. The van der Waals surface area contributed by atoms with Crippen molar-refractivity contribution in [3.63, 3.8) is 0 Å². The molecule has 3 nitrogen and oxygen atoms in total. The zero-order valence-electron chi connectivity index (χ0n) is 10.1. The molecule has 0 aromatic carbocycles. The molecule has 0 saturated carbocycles. The van der Waals surface area contributed by atoms with Crippen LogP contribution < -0.4 is 10.7 Å². The molecule has 1 rings (SSSR count). The summed E-state index contributed by atoms with van der Waals surface area (Å²) in [5, 5.41) is 7.69. The highest BCUT2D eigenvalue weighted by Crippen LogP contribution is 2.26. The molecule has 0 spiro atoms. The van der Waals surface area contributed by atoms with E-state index in [0.29, 0.717) is 11.0 Å². The monoisotopic (exact) mass is 237 g/mol. The lowest BCUT2D eigenvalue weighted by atomic mass is 9.85. The van der Waals surface area contributed by atoms with Crippen molar-refractivity contribution in [2.45, 2.75) is 26.7 Å². The predicted molar refractivity (Wildman–Crippen MR) is 73.5 cm³/mol. The molecule has 0 unspecified atom stereocenters. The zero-order valence-corrected chi connectivity index (χ0v) is 10.9. The summed E-state index contributed by atoms with van der Waals surface area (Å²) >= 11 is 4.98. The van der Waals surface area contributed by atoms with Crippen LogP contribution in [0, 0.1) is 5.92 Å². The minimum atomic E-state index is 0.507. The van der Waals surface area contributed by atoms with Crippen LogP contribution in [-0.2, 0) is 0 Å². The van der Waals surface area contributed by atoms with Gasteiger partial charge in [0.25, 0.3) is 0 Å². The standard InChI is InChI=1S/C12H19N3S/c1-8(2)10-6-5-9(3)11(7-10)14-15-12(16)13-4/h5,10H,1,6-7H2,2-4H3,(H2,13,15,16)/b14-11-/t10-/m0/s1. The third-order valence-electron chi connectivity index (χ3n) is 2.82. The fraction of sp³-hybridized carbons (Fsp3) is 0.500. The molecule has 4 heteroatoms. The Morgan fingerprint density at radius 3 is 2.88 bits per heavy atom. The van der Waals surface area contributed by atoms with E-state index in [4.69, 9.17) is 12.2 Å². The van der Waals surface area contributed by atoms with Gasteiger partial charge in [0.1, 0.15) is 0 Å². The SMILES string of the molecule is C=C(C)[C@H]1CC=C(C)/C(=N\NC(=S)NC)C1. The normalized spacial score (nSPS) is 22.6. The first kappa shape index (κ1) is 12.9. The summed E-state index contributed by atoms with van der Waals surface area (Å²) in [5.41, 5.74) is 6.34. The number of allylic oxidation sites excluding steroid dienone is 3. The van der Waals surface area contributed by atoms with Crippen LogP contribution >= 0.6 is 12.2 Å². The van der Waals surface area contributed by atoms with Gasteiger partial charge >= 0.3 is 0 Å². The summed E-state index contributed by atoms with van der Waals surface area (Å²) in [6.07, 6.45) is 4.22. The minimum Gasteiger partial charge on any atom is -0.364 e. The Balaban J connectivity index is 2.71. The molecule has 0 saturated heterocycles. The zero-order chi connectivity index (χ0) is 12.1. The number of hydrogen-bond acceptors (Lipinski definition) is 2. The number of rotatable bonds is 2. The van der Waals surface area contributed by atoms with Crippen LogP contribution in [-0.4, -0.2) is 17.9 Å². The van der Waals surface area contributed by atoms with Crippen LogP contribution in [0.1, 0.15) is 26.7 Å². The average Bonchev–Trinajstić information content (AvgIpc) is 2.27. The van der Waals surface area contributed by atoms with Crippen molar-refractivity contribution in [1.82, 2.24) is 10.7 Å². The largest absolute Gasteiger partial charge is 0.364 e. The summed E-state index contributed by atoms with van der Waals surface area (Å²) in [5.74, 6) is 0.507. The van der Waals surface area contributed by atoms with Gasteiger partial charge in [-0.25, -0.2) is 0 Å². The topological polar surface area (TPSA) is 36.4 Å². The smallest absolute Gasteiger partial charge is 0.186 e. The third-order valence-corrected chi connectivity index (χ3v) is 3.12. The lowest BCUT2D eigenvalue weighted by Crippen LogP contribution is -2.30. The Morgan fingerprint density at radius 1 is 1.62 bits per heavy atom. The van der Waals surface area contributed by atoms with Crippen LogP contribution in [0.2, 0.25) is 0 Å². The second-order valence-corrected chi connectivity index (χ2v) is 4.53. The van der Waals surface area contributed by atoms with Gasteiger partial charge in [-0.2, -0.15) is 5.10 Å². The molecule has 16 heavy (non-hydrogen) atoms. The lowest BCUT2D eigenvalue weighted by molar-refractivity contribution is 0.637. The van der Waals surface area contributed by atoms with Crippen molar-refractivity contribution < 1.29 is 0 Å². The van der Waals surface area contributed by atoms with Gasteiger partial charge < -0.3 is 5.32 Å². The molecule has 0 aromatic rings. The van der Waals surface area contributed by atoms with Crippen molar-refractivity contribution >= 4 is 23.0 Å². The maximum absolute atomic E-state index is 4.98. The van der Waals surface area contributed by atoms with E-state index in [-0.39, 0.29) is 0 Å². The maximum Gasteiger partial charge on any atom is 0.186 e. The van der Waals surface area contributed by atoms with Gasteiger partial charge in [0.2, 0.25) is 0 Å². The second-order valence-electron chi connectivity index (χ2n) is 4.12. The van der Waals surface area contributed by atoms with Gasteiger partial charge in [-0.3, -0.25) is 5.43 Å². The molecular formula is C12H19N3S. The first-order valence-electron chi connectivity index (χ1n) is 5.41.